The smallest absolute Gasteiger partial charge is 0.252 e. The normalized spacial score (nSPS) is 10.5. The Bertz CT molecular complexity index is 1520. The molecule has 186 valence electrons. The predicted octanol–water partition coefficient (Wildman–Crippen LogP) is 2.94. The number of rotatable bonds is 7. The Hall–Kier alpha value is -3.55. The van der Waals surface area contributed by atoms with Crippen LogP contribution in [0.3, 0.4) is 0 Å². The summed E-state index contributed by atoms with van der Waals surface area (Å²) in [5.74, 6) is 0.643. The zero-order valence-corrected chi connectivity index (χ0v) is 23.4. The van der Waals surface area contributed by atoms with Crippen LogP contribution in [0.4, 0.5) is 0 Å². The Morgan fingerprint density at radius 3 is 2.46 bits per heavy atom. The monoisotopic (exact) mass is 617 g/mol. The van der Waals surface area contributed by atoms with Crippen LogP contribution in [0.15, 0.2) is 108 Å². The van der Waals surface area contributed by atoms with E-state index >= 15 is 0 Å². The van der Waals surface area contributed by atoms with Crippen LogP contribution in [0, 0.1) is 0 Å². The maximum absolute atomic E-state index is 13.4. The number of carbonyl (C=O) groups is 1. The molecule has 0 fully saturated rings. The van der Waals surface area contributed by atoms with E-state index in [0.29, 0.717) is 12.1 Å². The number of para-hydroxylation sites is 1. The molecule has 0 saturated heterocycles. The molecule has 0 aliphatic carbocycles. The van der Waals surface area contributed by atoms with E-state index in [1.54, 1.807) is 7.11 Å². The largest absolute Gasteiger partial charge is 1.00 e. The molecule has 0 radical (unpaired) electrons. The van der Waals surface area contributed by atoms with Gasteiger partial charge in [-0.25, -0.2) is 9.55 Å². The quantitative estimate of drug-likeness (QED) is 0.286. The molecule has 0 bridgehead atoms. The molecule has 5 aromatic rings. The van der Waals surface area contributed by atoms with E-state index in [9.17, 15) is 4.79 Å². The molecule has 1 amide bonds. The summed E-state index contributed by atoms with van der Waals surface area (Å²) < 4.78 is 8.45. The van der Waals surface area contributed by atoms with Gasteiger partial charge >= 0.3 is 0 Å². The highest BCUT2D eigenvalue weighted by atomic mass is 79.9. The maximum atomic E-state index is 13.4. The van der Waals surface area contributed by atoms with Crippen molar-refractivity contribution in [2.75, 3.05) is 7.11 Å². The first-order valence-electron chi connectivity index (χ1n) is 11.6. The molecule has 37 heavy (non-hydrogen) atoms. The number of ether oxygens (including phenoxy) is 1. The SMILES string of the molecule is COc1ccc(-c2cc(C(=O)NCc3ccc[n+](Cc4ccc(Br)cc4)c3)c3ccccc3n2)cc1.[Br-]. The van der Waals surface area contributed by atoms with Crippen molar-refractivity contribution < 1.29 is 31.1 Å². The molecule has 0 atom stereocenters. The van der Waals surface area contributed by atoms with E-state index in [1.165, 1.54) is 5.56 Å². The van der Waals surface area contributed by atoms with E-state index in [-0.39, 0.29) is 22.9 Å². The molecule has 1 N–H and O–H groups in total. The number of aromatic nitrogens is 2. The fourth-order valence-corrected chi connectivity index (χ4v) is 4.39. The van der Waals surface area contributed by atoms with Crippen LogP contribution in [-0.2, 0) is 13.1 Å². The molecule has 2 heterocycles. The van der Waals surface area contributed by atoms with Crippen molar-refractivity contribution in [2.45, 2.75) is 13.1 Å². The van der Waals surface area contributed by atoms with Crippen LogP contribution < -0.4 is 31.6 Å². The number of hydrogen-bond acceptors (Lipinski definition) is 3. The highest BCUT2D eigenvalue weighted by molar-refractivity contribution is 9.10. The summed E-state index contributed by atoms with van der Waals surface area (Å²) in [6.45, 7) is 1.18. The summed E-state index contributed by atoms with van der Waals surface area (Å²) >= 11 is 3.48. The summed E-state index contributed by atoms with van der Waals surface area (Å²) in [7, 11) is 1.64. The van der Waals surface area contributed by atoms with Crippen molar-refractivity contribution in [3.05, 3.63) is 125 Å². The van der Waals surface area contributed by atoms with Gasteiger partial charge in [0, 0.05) is 39.2 Å². The summed E-state index contributed by atoms with van der Waals surface area (Å²) in [5, 5.41) is 3.92. The van der Waals surface area contributed by atoms with Crippen molar-refractivity contribution in [3.8, 4) is 17.0 Å². The maximum Gasteiger partial charge on any atom is 0.252 e. The third-order valence-corrected chi connectivity index (χ3v) is 6.53. The van der Waals surface area contributed by atoms with E-state index < -0.39 is 0 Å². The Labute approximate surface area is 235 Å². The lowest BCUT2D eigenvalue weighted by Gasteiger charge is -2.11. The summed E-state index contributed by atoms with van der Waals surface area (Å²) in [4.78, 5) is 18.1. The number of hydrogen-bond donors (Lipinski definition) is 1. The minimum atomic E-state index is -0.133. The van der Waals surface area contributed by atoms with Gasteiger partial charge in [0.15, 0.2) is 18.9 Å². The molecule has 0 aliphatic heterocycles. The van der Waals surface area contributed by atoms with Crippen LogP contribution in [0.1, 0.15) is 21.5 Å². The van der Waals surface area contributed by atoms with Crippen molar-refractivity contribution in [3.63, 3.8) is 0 Å². The van der Waals surface area contributed by atoms with Crippen LogP contribution >= 0.6 is 15.9 Å². The number of halogens is 2. The molecule has 5 nitrogen and oxygen atoms in total. The zero-order chi connectivity index (χ0) is 24.9. The van der Waals surface area contributed by atoms with E-state index in [0.717, 1.165) is 44.5 Å². The summed E-state index contributed by atoms with van der Waals surface area (Å²) in [6.07, 6.45) is 4.10. The second-order valence-electron chi connectivity index (χ2n) is 8.49. The highest BCUT2D eigenvalue weighted by Gasteiger charge is 2.15. The Morgan fingerprint density at radius 1 is 0.946 bits per heavy atom. The molecular weight excluding hydrogens is 594 g/mol. The lowest BCUT2D eigenvalue weighted by molar-refractivity contribution is -0.688. The number of methoxy groups -OCH3 is 1. The fourth-order valence-electron chi connectivity index (χ4n) is 4.13. The number of nitrogens with zero attached hydrogens (tertiary/aromatic N) is 2. The zero-order valence-electron chi connectivity index (χ0n) is 20.2. The third kappa shape index (κ3) is 6.42. The van der Waals surface area contributed by atoms with E-state index in [2.05, 4.69) is 44.1 Å². The number of carbonyl (C=O) groups excluding carboxylic acids is 1. The van der Waals surface area contributed by atoms with Crippen LogP contribution in [0.5, 0.6) is 5.75 Å². The first-order valence-corrected chi connectivity index (χ1v) is 12.4. The molecule has 0 saturated carbocycles. The lowest BCUT2D eigenvalue weighted by atomic mass is 10.0. The molecule has 7 heteroatoms. The number of amides is 1. The first kappa shape index (κ1) is 26.5. The highest BCUT2D eigenvalue weighted by Crippen LogP contribution is 2.26. The molecule has 0 spiro atoms. The second-order valence-corrected chi connectivity index (χ2v) is 9.41. The van der Waals surface area contributed by atoms with Gasteiger partial charge in [0.2, 0.25) is 0 Å². The van der Waals surface area contributed by atoms with Gasteiger partial charge < -0.3 is 27.0 Å². The number of nitrogens with one attached hydrogen (secondary N) is 1. The molecule has 2 aromatic heterocycles. The van der Waals surface area contributed by atoms with Gasteiger partial charge in [-0.15, -0.1) is 0 Å². The van der Waals surface area contributed by atoms with Crippen LogP contribution in [-0.4, -0.2) is 18.0 Å². The van der Waals surface area contributed by atoms with Crippen molar-refractivity contribution in [1.82, 2.24) is 10.3 Å². The number of benzene rings is 3. The molecule has 3 aromatic carbocycles. The van der Waals surface area contributed by atoms with Gasteiger partial charge in [-0.05, 0) is 54.6 Å². The third-order valence-electron chi connectivity index (χ3n) is 6.00. The number of fused-ring (bicyclic) bond motifs is 1. The summed E-state index contributed by atoms with van der Waals surface area (Å²) in [5.41, 5.74) is 5.28. The first-order chi connectivity index (χ1) is 17.6. The van der Waals surface area contributed by atoms with Crippen LogP contribution in [0.25, 0.3) is 22.2 Å². The van der Waals surface area contributed by atoms with Crippen molar-refractivity contribution >= 4 is 32.7 Å². The van der Waals surface area contributed by atoms with Gasteiger partial charge in [0.25, 0.3) is 5.91 Å². The number of pyridine rings is 2. The summed E-state index contributed by atoms with van der Waals surface area (Å²) in [6, 6.07) is 29.6. The molecular formula is C30H25Br2N3O2. The fraction of sp³-hybridized carbons (Fsp3) is 0.100. The Morgan fingerprint density at radius 2 is 1.70 bits per heavy atom. The van der Waals surface area contributed by atoms with E-state index in [1.807, 2.05) is 85.1 Å². The van der Waals surface area contributed by atoms with Gasteiger partial charge in [0.1, 0.15) is 5.75 Å². The van der Waals surface area contributed by atoms with Gasteiger partial charge in [-0.1, -0.05) is 46.3 Å². The topological polar surface area (TPSA) is 55.1 Å². The van der Waals surface area contributed by atoms with Gasteiger partial charge in [-0.3, -0.25) is 4.79 Å². The second kappa shape index (κ2) is 12.1. The van der Waals surface area contributed by atoms with Crippen molar-refractivity contribution in [2.24, 2.45) is 0 Å². The van der Waals surface area contributed by atoms with E-state index in [4.69, 9.17) is 9.72 Å². The average molecular weight is 619 g/mol. The lowest BCUT2D eigenvalue weighted by Crippen LogP contribution is -3.00. The Kier molecular flexibility index (Phi) is 8.69. The molecule has 0 aliphatic rings. The van der Waals surface area contributed by atoms with Gasteiger partial charge in [0.05, 0.1) is 23.9 Å². The Balaban J connectivity index is 0.00000320. The molecule has 0 unspecified atom stereocenters. The van der Waals surface area contributed by atoms with Gasteiger partial charge in [-0.2, -0.15) is 0 Å². The standard InChI is InChI=1S/C30H24BrN3O2.BrH/c1-36-25-14-10-23(11-15-25)29-17-27(26-6-2-3-7-28(26)33-29)30(35)32-18-22-5-4-16-34(20-22)19-21-8-12-24(31)13-9-21;/h2-17,20H,18-19H2,1H3;1H. The minimum Gasteiger partial charge on any atom is -1.00 e. The van der Waals surface area contributed by atoms with Crippen molar-refractivity contribution in [1.29, 1.82) is 0 Å². The predicted molar refractivity (Wildman–Crippen MR) is 145 cm³/mol. The van der Waals surface area contributed by atoms with Crippen LogP contribution in [0.2, 0.25) is 0 Å². The minimum absolute atomic E-state index is 0. The average Bonchev–Trinajstić information content (AvgIpc) is 2.92. The molecule has 5 rings (SSSR count).